The van der Waals surface area contributed by atoms with Gasteiger partial charge in [-0.1, -0.05) is 6.07 Å². The second kappa shape index (κ2) is 4.12. The molecule has 15 heavy (non-hydrogen) atoms. The van der Waals surface area contributed by atoms with Gasteiger partial charge in [0.25, 0.3) is 0 Å². The van der Waals surface area contributed by atoms with Crippen LogP contribution in [-0.4, -0.2) is 22.2 Å². The van der Waals surface area contributed by atoms with E-state index in [1.807, 2.05) is 0 Å². The van der Waals surface area contributed by atoms with E-state index < -0.39 is 23.4 Å². The first-order valence-corrected chi connectivity index (χ1v) is 3.84. The highest BCUT2D eigenvalue weighted by Gasteiger charge is 2.36. The zero-order valence-corrected chi connectivity index (χ0v) is 7.32. The first-order chi connectivity index (χ1) is 6.91. The Labute approximate surface area is 82.9 Å². The van der Waals surface area contributed by atoms with E-state index in [-0.39, 0.29) is 6.08 Å². The Balaban J connectivity index is 3.20. The second-order valence-electron chi connectivity index (χ2n) is 2.61. The Hall–Kier alpha value is -1.85. The van der Waals surface area contributed by atoms with Crippen molar-refractivity contribution in [2.45, 2.75) is 6.18 Å². The van der Waals surface area contributed by atoms with E-state index in [2.05, 4.69) is 4.98 Å². The van der Waals surface area contributed by atoms with Crippen molar-refractivity contribution in [1.29, 1.82) is 0 Å². The van der Waals surface area contributed by atoms with Crippen molar-refractivity contribution < 1.29 is 23.1 Å². The highest BCUT2D eigenvalue weighted by atomic mass is 19.4. The number of hydrogen-bond donors (Lipinski definition) is 1. The van der Waals surface area contributed by atoms with E-state index >= 15 is 0 Å². The minimum atomic E-state index is -4.73. The molecule has 0 atom stereocenters. The number of pyridine rings is 1. The largest absolute Gasteiger partial charge is 0.478 e. The van der Waals surface area contributed by atoms with Gasteiger partial charge in [-0.05, 0) is 12.1 Å². The van der Waals surface area contributed by atoms with Crippen LogP contribution in [0, 0.1) is 0 Å². The molecular weight excluding hydrogens is 211 g/mol. The third-order valence-electron chi connectivity index (χ3n) is 1.51. The lowest BCUT2D eigenvalue weighted by molar-refractivity contribution is -0.131. The number of carboxylic acids is 1. The lowest BCUT2D eigenvalue weighted by atomic mass is 10.1. The van der Waals surface area contributed by atoms with E-state index in [0.29, 0.717) is 0 Å². The quantitative estimate of drug-likeness (QED) is 0.772. The van der Waals surface area contributed by atoms with Gasteiger partial charge in [0.2, 0.25) is 0 Å². The molecule has 0 saturated carbocycles. The molecule has 0 aliphatic heterocycles. The van der Waals surface area contributed by atoms with Crippen molar-refractivity contribution in [3.63, 3.8) is 0 Å². The van der Waals surface area contributed by atoms with Crippen LogP contribution < -0.4 is 0 Å². The topological polar surface area (TPSA) is 50.2 Å². The molecule has 0 bridgehead atoms. The molecule has 0 radical (unpaired) electrons. The van der Waals surface area contributed by atoms with E-state index in [9.17, 15) is 18.0 Å². The molecule has 0 aliphatic rings. The average molecular weight is 217 g/mol. The third kappa shape index (κ3) is 3.08. The Morgan fingerprint density at radius 3 is 2.47 bits per heavy atom. The summed E-state index contributed by atoms with van der Waals surface area (Å²) in [6.07, 6.45) is -3.47. The molecule has 1 rings (SSSR count). The maximum Gasteiger partial charge on any atom is 0.418 e. The first-order valence-electron chi connectivity index (χ1n) is 3.84. The molecule has 0 fully saturated rings. The molecule has 0 saturated heterocycles. The van der Waals surface area contributed by atoms with Gasteiger partial charge in [0.15, 0.2) is 0 Å². The molecule has 0 amide bonds. The van der Waals surface area contributed by atoms with Crippen LogP contribution in [0.4, 0.5) is 13.2 Å². The summed E-state index contributed by atoms with van der Waals surface area (Å²) in [4.78, 5) is 13.7. The second-order valence-corrected chi connectivity index (χ2v) is 2.61. The summed E-state index contributed by atoms with van der Waals surface area (Å²) in [5.41, 5.74) is -1.68. The summed E-state index contributed by atoms with van der Waals surface area (Å²) in [5.74, 6) is -1.66. The van der Waals surface area contributed by atoms with Crippen molar-refractivity contribution in [2.75, 3.05) is 0 Å². The van der Waals surface area contributed by atoms with Crippen LogP contribution in [0.2, 0.25) is 0 Å². The predicted octanol–water partition coefficient (Wildman–Crippen LogP) is 2.11. The van der Waals surface area contributed by atoms with Crippen LogP contribution in [0.25, 0.3) is 5.57 Å². The summed E-state index contributed by atoms with van der Waals surface area (Å²) in [5, 5.41) is 8.30. The van der Waals surface area contributed by atoms with Crippen LogP contribution in [0.1, 0.15) is 5.69 Å². The first kappa shape index (κ1) is 11.2. The van der Waals surface area contributed by atoms with Crippen LogP contribution in [0.15, 0.2) is 30.5 Å². The molecule has 80 valence electrons. The molecule has 1 aromatic heterocycles. The van der Waals surface area contributed by atoms with Crippen molar-refractivity contribution in [2.24, 2.45) is 0 Å². The van der Waals surface area contributed by atoms with Gasteiger partial charge < -0.3 is 5.11 Å². The standard InChI is InChI=1S/C9H6F3NO2/c10-9(11,12)6(5-8(14)15)7-3-1-2-4-13-7/h1-5H,(H,14,15)/b6-5+. The number of hydrogen-bond acceptors (Lipinski definition) is 2. The Bertz CT molecular complexity index is 384. The maximum atomic E-state index is 12.4. The molecular formula is C9H6F3NO2. The van der Waals surface area contributed by atoms with E-state index in [1.54, 1.807) is 0 Å². The number of carboxylic acid groups (broad SMARTS) is 1. The normalized spacial score (nSPS) is 12.6. The van der Waals surface area contributed by atoms with Crippen molar-refractivity contribution in [3.05, 3.63) is 36.2 Å². The van der Waals surface area contributed by atoms with Crippen LogP contribution in [0.3, 0.4) is 0 Å². The number of allylic oxidation sites excluding steroid dienone is 1. The summed E-state index contributed by atoms with van der Waals surface area (Å²) < 4.78 is 37.2. The SMILES string of the molecule is O=C(O)/C=C(\c1ccccn1)C(F)(F)F. The highest BCUT2D eigenvalue weighted by Crippen LogP contribution is 2.32. The van der Waals surface area contributed by atoms with Gasteiger partial charge >= 0.3 is 12.1 Å². The number of aliphatic carboxylic acids is 1. The van der Waals surface area contributed by atoms with Gasteiger partial charge in [-0.15, -0.1) is 0 Å². The van der Waals surface area contributed by atoms with E-state index in [4.69, 9.17) is 5.11 Å². The lowest BCUT2D eigenvalue weighted by Crippen LogP contribution is -2.13. The predicted molar refractivity (Wildman–Crippen MR) is 45.9 cm³/mol. The highest BCUT2D eigenvalue weighted by molar-refractivity contribution is 5.90. The van der Waals surface area contributed by atoms with E-state index in [1.165, 1.54) is 12.1 Å². The summed E-state index contributed by atoms with van der Waals surface area (Å²) in [6.45, 7) is 0. The van der Waals surface area contributed by atoms with Gasteiger partial charge in [-0.3, -0.25) is 4.98 Å². The number of halogens is 3. The molecule has 6 heteroatoms. The van der Waals surface area contributed by atoms with Gasteiger partial charge in [-0.25, -0.2) is 4.79 Å². The fourth-order valence-electron chi connectivity index (χ4n) is 0.947. The average Bonchev–Trinajstić information content (AvgIpc) is 2.14. The van der Waals surface area contributed by atoms with Crippen molar-refractivity contribution in [1.82, 2.24) is 4.98 Å². The Morgan fingerprint density at radius 1 is 1.40 bits per heavy atom. The fraction of sp³-hybridized carbons (Fsp3) is 0.111. The number of aromatic nitrogens is 1. The van der Waals surface area contributed by atoms with Gasteiger partial charge in [-0.2, -0.15) is 13.2 Å². The number of rotatable bonds is 2. The molecule has 0 spiro atoms. The smallest absolute Gasteiger partial charge is 0.418 e. The van der Waals surface area contributed by atoms with Gasteiger partial charge in [0.05, 0.1) is 11.3 Å². The molecule has 1 aromatic rings. The summed E-state index contributed by atoms with van der Waals surface area (Å²) in [6, 6.07) is 3.89. The Kier molecular flexibility index (Phi) is 3.08. The third-order valence-corrected chi connectivity index (χ3v) is 1.51. The zero-order valence-electron chi connectivity index (χ0n) is 7.32. The number of nitrogens with zero attached hydrogens (tertiary/aromatic N) is 1. The molecule has 0 unspecified atom stereocenters. The number of carbonyl (C=O) groups is 1. The van der Waals surface area contributed by atoms with Gasteiger partial charge in [0, 0.05) is 12.3 Å². The monoisotopic (exact) mass is 217 g/mol. The van der Waals surface area contributed by atoms with Crippen molar-refractivity contribution in [3.8, 4) is 0 Å². The van der Waals surface area contributed by atoms with E-state index in [0.717, 1.165) is 12.3 Å². The maximum absolute atomic E-state index is 12.4. The summed E-state index contributed by atoms with van der Waals surface area (Å²) in [7, 11) is 0. The Morgan fingerprint density at radius 2 is 2.07 bits per heavy atom. The summed E-state index contributed by atoms with van der Waals surface area (Å²) >= 11 is 0. The molecule has 1 N–H and O–H groups in total. The van der Waals surface area contributed by atoms with Crippen LogP contribution in [-0.2, 0) is 4.79 Å². The molecule has 1 heterocycles. The lowest BCUT2D eigenvalue weighted by Gasteiger charge is -2.09. The molecule has 3 nitrogen and oxygen atoms in total. The van der Waals surface area contributed by atoms with Gasteiger partial charge in [0.1, 0.15) is 0 Å². The minimum Gasteiger partial charge on any atom is -0.478 e. The van der Waals surface area contributed by atoms with Crippen LogP contribution >= 0.6 is 0 Å². The molecule has 0 aromatic carbocycles. The molecule has 0 aliphatic carbocycles. The van der Waals surface area contributed by atoms with Crippen molar-refractivity contribution >= 4 is 11.5 Å². The fourth-order valence-corrected chi connectivity index (χ4v) is 0.947. The zero-order chi connectivity index (χ0) is 11.5. The van der Waals surface area contributed by atoms with Crippen LogP contribution in [0.5, 0.6) is 0 Å². The number of alkyl halides is 3. The minimum absolute atomic E-state index is 0.0995.